The first-order valence-corrected chi connectivity index (χ1v) is 10.0. The molecule has 7 heteroatoms. The first-order valence-electron chi connectivity index (χ1n) is 10.0. The fraction of sp³-hybridized carbons (Fsp3) is 0.667. The van der Waals surface area contributed by atoms with Crippen molar-refractivity contribution < 1.29 is 13.9 Å². The van der Waals surface area contributed by atoms with Crippen LogP contribution < -0.4 is 15.5 Å². The fourth-order valence-electron chi connectivity index (χ4n) is 3.15. The van der Waals surface area contributed by atoms with Crippen LogP contribution >= 0.6 is 0 Å². The lowest BCUT2D eigenvalue weighted by Gasteiger charge is -2.30. The van der Waals surface area contributed by atoms with Crippen LogP contribution in [0.15, 0.2) is 23.2 Å². The van der Waals surface area contributed by atoms with E-state index in [1.54, 1.807) is 13.2 Å². The highest BCUT2D eigenvalue weighted by Gasteiger charge is 2.24. The van der Waals surface area contributed by atoms with Crippen molar-refractivity contribution in [2.75, 3.05) is 51.4 Å². The van der Waals surface area contributed by atoms with E-state index >= 15 is 0 Å². The van der Waals surface area contributed by atoms with Crippen molar-refractivity contribution in [3.63, 3.8) is 0 Å². The monoisotopic (exact) mass is 394 g/mol. The zero-order chi connectivity index (χ0) is 20.6. The fourth-order valence-corrected chi connectivity index (χ4v) is 3.15. The van der Waals surface area contributed by atoms with Gasteiger partial charge in [0.25, 0.3) is 0 Å². The Kier molecular flexibility index (Phi) is 8.51. The first-order chi connectivity index (χ1) is 13.3. The number of rotatable bonds is 7. The standard InChI is InChI=1S/C21H35FN4O2/c1-6-23-20(25-15-19(27-5)21(2,3)4)24-14-16-7-8-18(17(22)13-16)26-9-11-28-12-10-26/h7-8,13,19H,6,9-12,14-15H2,1-5H3,(H2,23,24,25). The second kappa shape index (κ2) is 10.6. The summed E-state index contributed by atoms with van der Waals surface area (Å²) in [6, 6.07) is 5.35. The van der Waals surface area contributed by atoms with Gasteiger partial charge in [-0.25, -0.2) is 9.38 Å². The molecule has 1 aromatic carbocycles. The molecule has 0 saturated carbocycles. The molecule has 28 heavy (non-hydrogen) atoms. The molecular weight excluding hydrogens is 359 g/mol. The molecule has 6 nitrogen and oxygen atoms in total. The third kappa shape index (κ3) is 6.63. The number of benzene rings is 1. The molecular formula is C21H35FN4O2. The molecule has 1 fully saturated rings. The van der Waals surface area contributed by atoms with Gasteiger partial charge >= 0.3 is 0 Å². The summed E-state index contributed by atoms with van der Waals surface area (Å²) in [5, 5.41) is 6.55. The van der Waals surface area contributed by atoms with Crippen molar-refractivity contribution in [1.29, 1.82) is 0 Å². The summed E-state index contributed by atoms with van der Waals surface area (Å²) in [6.07, 6.45) is 0.0570. The van der Waals surface area contributed by atoms with E-state index in [1.807, 2.05) is 24.0 Å². The van der Waals surface area contributed by atoms with Crippen LogP contribution in [0, 0.1) is 11.2 Å². The van der Waals surface area contributed by atoms with Gasteiger partial charge in [-0.1, -0.05) is 26.8 Å². The number of ether oxygens (including phenoxy) is 2. The van der Waals surface area contributed by atoms with Gasteiger partial charge in [-0.15, -0.1) is 0 Å². The number of morpholine rings is 1. The Bertz CT molecular complexity index is 640. The van der Waals surface area contributed by atoms with E-state index in [0.717, 1.165) is 25.2 Å². The zero-order valence-corrected chi connectivity index (χ0v) is 17.8. The predicted molar refractivity (Wildman–Crippen MR) is 113 cm³/mol. The molecule has 1 aliphatic rings. The van der Waals surface area contributed by atoms with Crippen molar-refractivity contribution in [3.8, 4) is 0 Å². The molecule has 0 spiro atoms. The van der Waals surface area contributed by atoms with Crippen molar-refractivity contribution in [1.82, 2.24) is 10.6 Å². The molecule has 0 bridgehead atoms. The van der Waals surface area contributed by atoms with Crippen molar-refractivity contribution in [2.24, 2.45) is 10.4 Å². The van der Waals surface area contributed by atoms with Gasteiger partial charge in [0.15, 0.2) is 5.96 Å². The van der Waals surface area contributed by atoms with E-state index in [2.05, 4.69) is 36.4 Å². The van der Waals surface area contributed by atoms with Crippen LogP contribution in [0.5, 0.6) is 0 Å². The minimum Gasteiger partial charge on any atom is -0.379 e. The SMILES string of the molecule is CCNC(=NCc1ccc(N2CCOCC2)c(F)c1)NCC(OC)C(C)(C)C. The third-order valence-corrected chi connectivity index (χ3v) is 4.83. The third-order valence-electron chi connectivity index (χ3n) is 4.83. The number of guanidine groups is 1. The second-order valence-electron chi connectivity index (χ2n) is 8.05. The lowest BCUT2D eigenvalue weighted by molar-refractivity contribution is 0.0205. The Morgan fingerprint density at radius 2 is 2.00 bits per heavy atom. The molecule has 1 atom stereocenters. The molecule has 2 rings (SSSR count). The molecule has 0 amide bonds. The summed E-state index contributed by atoms with van der Waals surface area (Å²) in [5.74, 6) is 0.492. The average Bonchev–Trinajstić information content (AvgIpc) is 2.66. The number of nitrogens with one attached hydrogen (secondary N) is 2. The van der Waals surface area contributed by atoms with Crippen molar-refractivity contribution in [3.05, 3.63) is 29.6 Å². The van der Waals surface area contributed by atoms with Crippen LogP contribution in [0.4, 0.5) is 10.1 Å². The zero-order valence-electron chi connectivity index (χ0n) is 17.8. The van der Waals surface area contributed by atoms with Crippen LogP contribution in [-0.2, 0) is 16.0 Å². The van der Waals surface area contributed by atoms with Gasteiger partial charge in [0, 0.05) is 33.3 Å². The van der Waals surface area contributed by atoms with Gasteiger partial charge in [-0.3, -0.25) is 0 Å². The topological polar surface area (TPSA) is 58.1 Å². The van der Waals surface area contributed by atoms with Crippen LogP contribution in [0.1, 0.15) is 33.3 Å². The molecule has 1 heterocycles. The maximum atomic E-state index is 14.6. The number of nitrogens with zero attached hydrogens (tertiary/aromatic N) is 2. The summed E-state index contributed by atoms with van der Waals surface area (Å²) < 4.78 is 25.5. The van der Waals surface area contributed by atoms with Crippen LogP contribution in [0.3, 0.4) is 0 Å². The van der Waals surface area contributed by atoms with E-state index in [0.29, 0.717) is 38.0 Å². The lowest BCUT2D eigenvalue weighted by Crippen LogP contribution is -2.45. The highest BCUT2D eigenvalue weighted by molar-refractivity contribution is 5.79. The molecule has 2 N–H and O–H groups in total. The number of halogens is 1. The van der Waals surface area contributed by atoms with Gasteiger partial charge in [-0.05, 0) is 30.0 Å². The van der Waals surface area contributed by atoms with Gasteiger partial charge in [0.1, 0.15) is 5.82 Å². The average molecular weight is 395 g/mol. The van der Waals surface area contributed by atoms with Crippen LogP contribution in [0.25, 0.3) is 0 Å². The summed E-state index contributed by atoms with van der Waals surface area (Å²) >= 11 is 0. The Balaban J connectivity index is 2.00. The maximum absolute atomic E-state index is 14.6. The van der Waals surface area contributed by atoms with E-state index in [-0.39, 0.29) is 17.3 Å². The minimum absolute atomic E-state index is 0.0253. The van der Waals surface area contributed by atoms with Crippen molar-refractivity contribution in [2.45, 2.75) is 40.3 Å². The van der Waals surface area contributed by atoms with Crippen molar-refractivity contribution >= 4 is 11.6 Å². The maximum Gasteiger partial charge on any atom is 0.191 e. The molecule has 0 aliphatic carbocycles. The summed E-state index contributed by atoms with van der Waals surface area (Å²) in [4.78, 5) is 6.62. The highest BCUT2D eigenvalue weighted by atomic mass is 19.1. The Labute approximate surface area is 168 Å². The lowest BCUT2D eigenvalue weighted by atomic mass is 9.89. The molecule has 1 aliphatic heterocycles. The number of methoxy groups -OCH3 is 1. The van der Waals surface area contributed by atoms with Gasteiger partial charge in [-0.2, -0.15) is 0 Å². The summed E-state index contributed by atoms with van der Waals surface area (Å²) in [6.45, 7) is 13.0. The first kappa shape index (κ1) is 22.4. The molecule has 1 aromatic rings. The van der Waals surface area contributed by atoms with Crippen LogP contribution in [-0.4, -0.2) is 58.6 Å². The Hall–Kier alpha value is -1.86. The predicted octanol–water partition coefficient (Wildman–Crippen LogP) is 2.78. The van der Waals surface area contributed by atoms with E-state index in [1.165, 1.54) is 0 Å². The van der Waals surface area contributed by atoms with Crippen LogP contribution in [0.2, 0.25) is 0 Å². The number of aliphatic imine (C=N–C) groups is 1. The van der Waals surface area contributed by atoms with Gasteiger partial charge in [0.2, 0.25) is 0 Å². The number of hydrogen-bond acceptors (Lipinski definition) is 4. The second-order valence-corrected chi connectivity index (χ2v) is 8.05. The van der Waals surface area contributed by atoms with Gasteiger partial charge in [0.05, 0.1) is 31.5 Å². The number of hydrogen-bond donors (Lipinski definition) is 2. The smallest absolute Gasteiger partial charge is 0.191 e. The van der Waals surface area contributed by atoms with E-state index < -0.39 is 0 Å². The quantitative estimate of drug-likeness (QED) is 0.550. The molecule has 1 saturated heterocycles. The number of anilines is 1. The molecule has 158 valence electrons. The Morgan fingerprint density at radius 3 is 2.57 bits per heavy atom. The van der Waals surface area contributed by atoms with Gasteiger partial charge < -0.3 is 25.0 Å². The largest absolute Gasteiger partial charge is 0.379 e. The summed E-state index contributed by atoms with van der Waals surface area (Å²) in [7, 11) is 1.72. The minimum atomic E-state index is -0.209. The summed E-state index contributed by atoms with van der Waals surface area (Å²) in [5.41, 5.74) is 1.50. The normalized spacial score (nSPS) is 16.8. The molecule has 1 unspecified atom stereocenters. The molecule has 0 aromatic heterocycles. The molecule has 0 radical (unpaired) electrons. The Morgan fingerprint density at radius 1 is 1.29 bits per heavy atom. The highest BCUT2D eigenvalue weighted by Crippen LogP contribution is 2.22. The van der Waals surface area contributed by atoms with E-state index in [4.69, 9.17) is 9.47 Å². The van der Waals surface area contributed by atoms with E-state index in [9.17, 15) is 4.39 Å².